The molecule has 0 amide bonds. The van der Waals surface area contributed by atoms with E-state index in [0.717, 1.165) is 6.42 Å². The van der Waals surface area contributed by atoms with E-state index >= 15 is 0 Å². The standard InChI is InChI=1S/C10H19NO2/c1-13-10(12)9(11)7-8-5-3-2-4-6-8/h8-9H,2-7,11H2,1H3/t9-/m1/s1. The summed E-state index contributed by atoms with van der Waals surface area (Å²) in [5.74, 6) is 0.369. The fraction of sp³-hybridized carbons (Fsp3) is 0.900. The molecule has 0 aliphatic heterocycles. The Kier molecular flexibility index (Phi) is 4.22. The van der Waals surface area contributed by atoms with Gasteiger partial charge >= 0.3 is 5.97 Å². The summed E-state index contributed by atoms with van der Waals surface area (Å²) in [5, 5.41) is 0. The van der Waals surface area contributed by atoms with Gasteiger partial charge in [-0.15, -0.1) is 0 Å². The third kappa shape index (κ3) is 3.35. The number of esters is 1. The second-order valence-electron chi connectivity index (χ2n) is 3.87. The van der Waals surface area contributed by atoms with Crippen molar-refractivity contribution in [1.29, 1.82) is 0 Å². The molecule has 0 aromatic heterocycles. The van der Waals surface area contributed by atoms with Crippen LogP contribution in [0.2, 0.25) is 0 Å². The molecule has 3 nitrogen and oxygen atoms in total. The molecule has 0 unspecified atom stereocenters. The van der Waals surface area contributed by atoms with Gasteiger partial charge in [-0.05, 0) is 12.3 Å². The molecule has 13 heavy (non-hydrogen) atoms. The number of carbonyl (C=O) groups is 1. The van der Waals surface area contributed by atoms with Crippen LogP contribution in [0.4, 0.5) is 0 Å². The van der Waals surface area contributed by atoms with Gasteiger partial charge in [0.25, 0.3) is 0 Å². The normalized spacial score (nSPS) is 21.1. The first-order valence-electron chi connectivity index (χ1n) is 5.07. The van der Waals surface area contributed by atoms with Crippen LogP contribution < -0.4 is 5.73 Å². The largest absolute Gasteiger partial charge is 0.468 e. The van der Waals surface area contributed by atoms with Crippen LogP contribution in [-0.4, -0.2) is 19.1 Å². The van der Waals surface area contributed by atoms with Gasteiger partial charge in [-0.3, -0.25) is 4.79 Å². The van der Waals surface area contributed by atoms with E-state index < -0.39 is 6.04 Å². The SMILES string of the molecule is COC(=O)[C@H](N)CC1CCCCC1. The molecule has 0 heterocycles. The summed E-state index contributed by atoms with van der Waals surface area (Å²) < 4.78 is 4.59. The Labute approximate surface area is 79.6 Å². The highest BCUT2D eigenvalue weighted by Gasteiger charge is 2.21. The Morgan fingerprint density at radius 3 is 2.62 bits per heavy atom. The molecule has 1 aliphatic carbocycles. The zero-order valence-electron chi connectivity index (χ0n) is 8.29. The molecule has 1 rings (SSSR count). The number of ether oxygens (including phenoxy) is 1. The number of hydrogen-bond acceptors (Lipinski definition) is 3. The van der Waals surface area contributed by atoms with Gasteiger partial charge in [-0.1, -0.05) is 32.1 Å². The van der Waals surface area contributed by atoms with Crippen LogP contribution >= 0.6 is 0 Å². The zero-order chi connectivity index (χ0) is 9.68. The first kappa shape index (κ1) is 10.5. The molecule has 1 fully saturated rings. The van der Waals surface area contributed by atoms with Gasteiger partial charge in [0.05, 0.1) is 7.11 Å². The van der Waals surface area contributed by atoms with Crippen molar-refractivity contribution in [3.8, 4) is 0 Å². The molecular formula is C10H19NO2. The van der Waals surface area contributed by atoms with E-state index in [1.165, 1.54) is 39.2 Å². The van der Waals surface area contributed by atoms with E-state index in [9.17, 15) is 4.79 Å². The Bertz CT molecular complexity index is 164. The zero-order valence-corrected chi connectivity index (χ0v) is 8.29. The van der Waals surface area contributed by atoms with Crippen LogP contribution in [-0.2, 0) is 9.53 Å². The van der Waals surface area contributed by atoms with Gasteiger partial charge in [-0.2, -0.15) is 0 Å². The molecular weight excluding hydrogens is 166 g/mol. The molecule has 0 spiro atoms. The van der Waals surface area contributed by atoms with Gasteiger partial charge in [-0.25, -0.2) is 0 Å². The molecule has 0 radical (unpaired) electrons. The van der Waals surface area contributed by atoms with Crippen molar-refractivity contribution in [1.82, 2.24) is 0 Å². The monoisotopic (exact) mass is 185 g/mol. The Morgan fingerprint density at radius 1 is 1.46 bits per heavy atom. The lowest BCUT2D eigenvalue weighted by molar-refractivity contribution is -0.142. The van der Waals surface area contributed by atoms with E-state index in [1.54, 1.807) is 0 Å². The van der Waals surface area contributed by atoms with Crippen molar-refractivity contribution in [2.45, 2.75) is 44.6 Å². The number of hydrogen-bond donors (Lipinski definition) is 1. The molecule has 1 saturated carbocycles. The molecule has 0 saturated heterocycles. The molecule has 0 aromatic carbocycles. The minimum Gasteiger partial charge on any atom is -0.468 e. The number of nitrogens with two attached hydrogens (primary N) is 1. The fourth-order valence-electron chi connectivity index (χ4n) is 2.03. The minimum atomic E-state index is -0.409. The molecule has 76 valence electrons. The van der Waals surface area contributed by atoms with Crippen molar-refractivity contribution >= 4 is 5.97 Å². The van der Waals surface area contributed by atoms with Gasteiger partial charge in [0.2, 0.25) is 0 Å². The summed E-state index contributed by atoms with van der Waals surface area (Å²) in [7, 11) is 1.39. The van der Waals surface area contributed by atoms with Crippen LogP contribution in [0.15, 0.2) is 0 Å². The minimum absolute atomic E-state index is 0.273. The van der Waals surface area contributed by atoms with Crippen molar-refractivity contribution < 1.29 is 9.53 Å². The average molecular weight is 185 g/mol. The molecule has 1 aliphatic rings. The van der Waals surface area contributed by atoms with Crippen molar-refractivity contribution in [2.24, 2.45) is 11.7 Å². The van der Waals surface area contributed by atoms with Crippen LogP contribution in [0, 0.1) is 5.92 Å². The van der Waals surface area contributed by atoms with Gasteiger partial charge in [0.15, 0.2) is 0 Å². The smallest absolute Gasteiger partial charge is 0.322 e. The summed E-state index contributed by atoms with van der Waals surface area (Å²) in [6.07, 6.45) is 7.17. The topological polar surface area (TPSA) is 52.3 Å². The Balaban J connectivity index is 2.25. The highest BCUT2D eigenvalue weighted by molar-refractivity contribution is 5.75. The van der Waals surface area contributed by atoms with Crippen molar-refractivity contribution in [3.05, 3.63) is 0 Å². The highest BCUT2D eigenvalue weighted by atomic mass is 16.5. The van der Waals surface area contributed by atoms with E-state index in [2.05, 4.69) is 4.74 Å². The third-order valence-corrected chi connectivity index (χ3v) is 2.82. The van der Waals surface area contributed by atoms with Gasteiger partial charge < -0.3 is 10.5 Å². The number of methoxy groups -OCH3 is 1. The maximum absolute atomic E-state index is 11.0. The third-order valence-electron chi connectivity index (χ3n) is 2.82. The fourth-order valence-corrected chi connectivity index (χ4v) is 2.03. The quantitative estimate of drug-likeness (QED) is 0.677. The predicted molar refractivity (Wildman–Crippen MR) is 51.2 cm³/mol. The maximum atomic E-state index is 11.0. The van der Waals surface area contributed by atoms with Crippen LogP contribution in [0.25, 0.3) is 0 Å². The average Bonchev–Trinajstić information content (AvgIpc) is 2.18. The van der Waals surface area contributed by atoms with E-state index in [0.29, 0.717) is 5.92 Å². The second kappa shape index (κ2) is 5.22. The van der Waals surface area contributed by atoms with Crippen LogP contribution in [0.3, 0.4) is 0 Å². The first-order chi connectivity index (χ1) is 6.24. The molecule has 2 N–H and O–H groups in total. The van der Waals surface area contributed by atoms with E-state index in [4.69, 9.17) is 5.73 Å². The highest BCUT2D eigenvalue weighted by Crippen LogP contribution is 2.26. The van der Waals surface area contributed by atoms with Gasteiger partial charge in [0.1, 0.15) is 6.04 Å². The lowest BCUT2D eigenvalue weighted by atomic mass is 9.85. The molecule has 0 aromatic rings. The van der Waals surface area contributed by atoms with E-state index in [-0.39, 0.29) is 5.97 Å². The summed E-state index contributed by atoms with van der Waals surface area (Å²) in [5.41, 5.74) is 5.68. The number of carbonyl (C=O) groups excluding carboxylic acids is 1. The predicted octanol–water partition coefficient (Wildman–Crippen LogP) is 1.46. The van der Waals surface area contributed by atoms with Crippen molar-refractivity contribution in [3.63, 3.8) is 0 Å². The Morgan fingerprint density at radius 2 is 2.08 bits per heavy atom. The lowest BCUT2D eigenvalue weighted by Crippen LogP contribution is -2.34. The maximum Gasteiger partial charge on any atom is 0.322 e. The summed E-state index contributed by atoms with van der Waals surface area (Å²) in [6.45, 7) is 0. The molecule has 1 atom stereocenters. The van der Waals surface area contributed by atoms with Crippen LogP contribution in [0.1, 0.15) is 38.5 Å². The second-order valence-corrected chi connectivity index (χ2v) is 3.87. The number of rotatable bonds is 3. The molecule has 0 bridgehead atoms. The van der Waals surface area contributed by atoms with E-state index in [1.807, 2.05) is 0 Å². The summed E-state index contributed by atoms with van der Waals surface area (Å²) >= 11 is 0. The lowest BCUT2D eigenvalue weighted by Gasteiger charge is -2.23. The van der Waals surface area contributed by atoms with Gasteiger partial charge in [0, 0.05) is 0 Å². The first-order valence-corrected chi connectivity index (χ1v) is 5.07. The Hall–Kier alpha value is -0.570. The summed E-state index contributed by atoms with van der Waals surface area (Å²) in [4.78, 5) is 11.0. The summed E-state index contributed by atoms with van der Waals surface area (Å²) in [6, 6.07) is -0.409. The van der Waals surface area contributed by atoms with Crippen molar-refractivity contribution in [2.75, 3.05) is 7.11 Å². The van der Waals surface area contributed by atoms with Crippen LogP contribution in [0.5, 0.6) is 0 Å². The molecule has 3 heteroatoms.